The molecule has 1 aromatic carbocycles. The minimum atomic E-state index is -0.259. The lowest BCUT2D eigenvalue weighted by atomic mass is 9.82. The van der Waals surface area contributed by atoms with Crippen molar-refractivity contribution in [2.24, 2.45) is 5.41 Å². The molecule has 2 rings (SSSR count). The number of amides is 1. The summed E-state index contributed by atoms with van der Waals surface area (Å²) in [5.41, 5.74) is 0.803. The fourth-order valence-electron chi connectivity index (χ4n) is 2.61. The molecule has 1 fully saturated rings. The van der Waals surface area contributed by atoms with E-state index in [4.69, 9.17) is 0 Å². The Morgan fingerprint density at radius 1 is 1.35 bits per heavy atom. The highest BCUT2D eigenvalue weighted by atomic mass is 19.1. The molecule has 0 bridgehead atoms. The predicted octanol–water partition coefficient (Wildman–Crippen LogP) is 2.78. The maximum Gasteiger partial charge on any atom is 0.237 e. The van der Waals surface area contributed by atoms with Gasteiger partial charge in [0.25, 0.3) is 0 Å². The van der Waals surface area contributed by atoms with E-state index < -0.39 is 0 Å². The van der Waals surface area contributed by atoms with Crippen molar-refractivity contribution in [1.82, 2.24) is 10.6 Å². The molecular weight excluding hydrogens is 255 g/mol. The second-order valence-corrected chi connectivity index (χ2v) is 6.51. The van der Waals surface area contributed by atoms with Crippen molar-refractivity contribution in [2.45, 2.75) is 45.7 Å². The topological polar surface area (TPSA) is 41.1 Å². The van der Waals surface area contributed by atoms with E-state index in [1.807, 2.05) is 0 Å². The van der Waals surface area contributed by atoms with Crippen molar-refractivity contribution >= 4 is 5.91 Å². The lowest BCUT2D eigenvalue weighted by Gasteiger charge is -2.33. The molecule has 1 aliphatic heterocycles. The van der Waals surface area contributed by atoms with Crippen molar-refractivity contribution < 1.29 is 9.18 Å². The summed E-state index contributed by atoms with van der Waals surface area (Å²) in [5.74, 6) is -0.225. The van der Waals surface area contributed by atoms with E-state index in [1.54, 1.807) is 12.1 Å². The maximum absolute atomic E-state index is 13.1. The molecule has 2 N–H and O–H groups in total. The van der Waals surface area contributed by atoms with E-state index in [-0.39, 0.29) is 29.2 Å². The first-order valence-corrected chi connectivity index (χ1v) is 7.17. The van der Waals surface area contributed by atoms with Crippen molar-refractivity contribution in [2.75, 3.05) is 6.54 Å². The molecule has 0 spiro atoms. The van der Waals surface area contributed by atoms with Crippen LogP contribution >= 0.6 is 0 Å². The Balaban J connectivity index is 2.15. The van der Waals surface area contributed by atoms with E-state index in [9.17, 15) is 9.18 Å². The predicted molar refractivity (Wildman–Crippen MR) is 77.8 cm³/mol. The fourth-order valence-corrected chi connectivity index (χ4v) is 2.61. The molecule has 1 amide bonds. The van der Waals surface area contributed by atoms with Crippen molar-refractivity contribution in [3.8, 4) is 0 Å². The van der Waals surface area contributed by atoms with E-state index >= 15 is 0 Å². The summed E-state index contributed by atoms with van der Waals surface area (Å²) in [6.45, 7) is 7.12. The van der Waals surface area contributed by atoms with Crippen LogP contribution < -0.4 is 10.6 Å². The molecule has 1 aromatic rings. The zero-order valence-electron chi connectivity index (χ0n) is 12.4. The Hall–Kier alpha value is -1.42. The lowest BCUT2D eigenvalue weighted by molar-refractivity contribution is -0.124. The Bertz CT molecular complexity index is 458. The number of rotatable bonds is 3. The van der Waals surface area contributed by atoms with E-state index in [0.717, 1.165) is 24.9 Å². The minimum Gasteiger partial charge on any atom is -0.347 e. The van der Waals surface area contributed by atoms with E-state index in [0.29, 0.717) is 0 Å². The van der Waals surface area contributed by atoms with Crippen LogP contribution in [0.25, 0.3) is 0 Å². The van der Waals surface area contributed by atoms with Crippen LogP contribution in [0.15, 0.2) is 24.3 Å². The number of hydrogen-bond acceptors (Lipinski definition) is 2. The normalized spacial score (nSPS) is 20.7. The van der Waals surface area contributed by atoms with Crippen LogP contribution in [0.2, 0.25) is 0 Å². The average Bonchev–Trinajstić information content (AvgIpc) is 2.89. The van der Waals surface area contributed by atoms with Gasteiger partial charge in [0.2, 0.25) is 5.91 Å². The first-order chi connectivity index (χ1) is 9.38. The first kappa shape index (κ1) is 15.0. The lowest BCUT2D eigenvalue weighted by Crippen LogP contribution is -2.45. The van der Waals surface area contributed by atoms with Crippen LogP contribution in [0, 0.1) is 11.2 Å². The van der Waals surface area contributed by atoms with Crippen LogP contribution in [0.5, 0.6) is 0 Å². The summed E-state index contributed by atoms with van der Waals surface area (Å²) in [7, 11) is 0. The van der Waals surface area contributed by atoms with Gasteiger partial charge in [-0.25, -0.2) is 4.39 Å². The standard InChI is InChI=1S/C16H23FN2O/c1-16(2,3)14(11-6-8-12(17)9-7-11)19-15(20)13-5-4-10-18-13/h6-9,13-14,18H,4-5,10H2,1-3H3,(H,19,20)/t13-,14?/m1/s1. The third-order valence-corrected chi connectivity index (χ3v) is 3.73. The summed E-state index contributed by atoms with van der Waals surface area (Å²) in [6.07, 6.45) is 1.92. The Labute approximate surface area is 120 Å². The summed E-state index contributed by atoms with van der Waals surface area (Å²) in [5, 5.41) is 6.31. The fraction of sp³-hybridized carbons (Fsp3) is 0.562. The molecule has 3 nitrogen and oxygen atoms in total. The number of carbonyl (C=O) groups is 1. The number of carbonyl (C=O) groups excluding carboxylic acids is 1. The van der Waals surface area contributed by atoms with Gasteiger partial charge in [-0.1, -0.05) is 32.9 Å². The molecular formula is C16H23FN2O. The molecule has 110 valence electrons. The highest BCUT2D eigenvalue weighted by Crippen LogP contribution is 2.33. The second kappa shape index (κ2) is 5.92. The van der Waals surface area contributed by atoms with Gasteiger partial charge in [0.05, 0.1) is 12.1 Å². The Morgan fingerprint density at radius 2 is 2.00 bits per heavy atom. The monoisotopic (exact) mass is 278 g/mol. The summed E-state index contributed by atoms with van der Waals surface area (Å²) in [6, 6.07) is 6.14. The minimum absolute atomic E-state index is 0.0340. The van der Waals surface area contributed by atoms with Gasteiger partial charge in [0, 0.05) is 0 Å². The zero-order valence-corrected chi connectivity index (χ0v) is 12.4. The molecule has 1 unspecified atom stereocenters. The molecule has 1 aliphatic rings. The molecule has 4 heteroatoms. The Kier molecular flexibility index (Phi) is 4.43. The molecule has 20 heavy (non-hydrogen) atoms. The smallest absolute Gasteiger partial charge is 0.237 e. The van der Waals surface area contributed by atoms with Gasteiger partial charge >= 0.3 is 0 Å². The van der Waals surface area contributed by atoms with Gasteiger partial charge in [-0.2, -0.15) is 0 Å². The van der Waals surface area contributed by atoms with Gasteiger partial charge in [-0.05, 0) is 42.5 Å². The first-order valence-electron chi connectivity index (χ1n) is 7.17. The molecule has 1 heterocycles. The molecule has 2 atom stereocenters. The van der Waals surface area contributed by atoms with Crippen LogP contribution in [0.1, 0.15) is 45.2 Å². The Morgan fingerprint density at radius 3 is 2.50 bits per heavy atom. The van der Waals surface area contributed by atoms with Crippen molar-refractivity contribution in [1.29, 1.82) is 0 Å². The molecule has 0 saturated carbocycles. The van der Waals surface area contributed by atoms with Crippen molar-refractivity contribution in [3.05, 3.63) is 35.6 Å². The summed E-state index contributed by atoms with van der Waals surface area (Å²) >= 11 is 0. The average molecular weight is 278 g/mol. The van der Waals surface area contributed by atoms with Crippen LogP contribution in [-0.4, -0.2) is 18.5 Å². The van der Waals surface area contributed by atoms with Gasteiger partial charge in [-0.15, -0.1) is 0 Å². The number of hydrogen-bond donors (Lipinski definition) is 2. The zero-order chi connectivity index (χ0) is 14.8. The molecule has 0 aliphatic carbocycles. The van der Waals surface area contributed by atoms with Crippen molar-refractivity contribution in [3.63, 3.8) is 0 Å². The molecule has 0 aromatic heterocycles. The van der Waals surface area contributed by atoms with Crippen LogP contribution in [-0.2, 0) is 4.79 Å². The van der Waals surface area contributed by atoms with Gasteiger partial charge in [0.15, 0.2) is 0 Å². The van der Waals surface area contributed by atoms with Gasteiger partial charge in [-0.3, -0.25) is 4.79 Å². The third kappa shape index (κ3) is 3.57. The molecule has 0 radical (unpaired) electrons. The van der Waals surface area contributed by atoms with Crippen LogP contribution in [0.4, 0.5) is 4.39 Å². The SMILES string of the molecule is CC(C)(C)C(NC(=O)[C@H]1CCCN1)c1ccc(F)cc1. The third-order valence-electron chi connectivity index (χ3n) is 3.73. The summed E-state index contributed by atoms with van der Waals surface area (Å²) < 4.78 is 13.1. The molecule has 1 saturated heterocycles. The van der Waals surface area contributed by atoms with Gasteiger partial charge in [0.1, 0.15) is 5.82 Å². The number of benzene rings is 1. The van der Waals surface area contributed by atoms with E-state index in [1.165, 1.54) is 12.1 Å². The quantitative estimate of drug-likeness (QED) is 0.892. The van der Waals surface area contributed by atoms with Crippen LogP contribution in [0.3, 0.4) is 0 Å². The highest BCUT2D eigenvalue weighted by Gasteiger charge is 2.31. The number of nitrogens with one attached hydrogen (secondary N) is 2. The highest BCUT2D eigenvalue weighted by molar-refractivity contribution is 5.82. The van der Waals surface area contributed by atoms with E-state index in [2.05, 4.69) is 31.4 Å². The second-order valence-electron chi connectivity index (χ2n) is 6.51. The largest absolute Gasteiger partial charge is 0.347 e. The maximum atomic E-state index is 13.1. The summed E-state index contributed by atoms with van der Waals surface area (Å²) in [4.78, 5) is 12.3. The number of halogens is 1. The van der Waals surface area contributed by atoms with Gasteiger partial charge < -0.3 is 10.6 Å².